The Kier molecular flexibility index (Phi) is 6.26. The minimum Gasteiger partial charge on any atom is -0.319 e. The largest absolute Gasteiger partial charge is 0.319 e. The Morgan fingerprint density at radius 1 is 1.21 bits per heavy atom. The van der Waals surface area contributed by atoms with Gasteiger partial charge in [-0.15, -0.1) is 11.8 Å². The first-order valence-corrected chi connectivity index (χ1v) is 10.1. The van der Waals surface area contributed by atoms with Crippen molar-refractivity contribution >= 4 is 35.0 Å². The highest BCUT2D eigenvalue weighted by Crippen LogP contribution is 2.20. The molecule has 0 saturated heterocycles. The van der Waals surface area contributed by atoms with Gasteiger partial charge in [0.2, 0.25) is 5.91 Å². The molecule has 1 aromatic heterocycles. The molecule has 2 aromatic carbocycles. The van der Waals surface area contributed by atoms with E-state index in [0.29, 0.717) is 27.7 Å². The number of carbonyl (C=O) groups is 1. The van der Waals surface area contributed by atoms with Gasteiger partial charge in [-0.05, 0) is 36.8 Å². The van der Waals surface area contributed by atoms with Gasteiger partial charge in [-0.25, -0.2) is 9.07 Å². The van der Waals surface area contributed by atoms with Gasteiger partial charge in [-0.1, -0.05) is 35.9 Å². The summed E-state index contributed by atoms with van der Waals surface area (Å²) in [5.74, 6) is -0.282. The Hall–Kier alpha value is -2.51. The standard InChI is InChI=1S/C20H19ClFN3O2S/c1-13-19(20(27)25(24(13)2)16-6-4-3-5-7-16)23-18(26)12-28-11-14-8-9-15(21)10-17(14)22/h3-10H,11-12H2,1-2H3,(H,23,26). The number of thioether (sulfide) groups is 1. The first-order valence-electron chi connectivity index (χ1n) is 8.54. The zero-order chi connectivity index (χ0) is 20.3. The summed E-state index contributed by atoms with van der Waals surface area (Å²) in [7, 11) is 1.76. The summed E-state index contributed by atoms with van der Waals surface area (Å²) in [6.07, 6.45) is 0. The number of amides is 1. The summed E-state index contributed by atoms with van der Waals surface area (Å²) < 4.78 is 17.0. The van der Waals surface area contributed by atoms with Crippen LogP contribution in [0, 0.1) is 12.7 Å². The molecule has 1 N–H and O–H groups in total. The molecule has 0 unspecified atom stereocenters. The Labute approximate surface area is 171 Å². The summed E-state index contributed by atoms with van der Waals surface area (Å²) in [6.45, 7) is 1.77. The second-order valence-corrected chi connectivity index (χ2v) is 7.64. The molecular weight excluding hydrogens is 401 g/mol. The maximum atomic E-state index is 13.8. The summed E-state index contributed by atoms with van der Waals surface area (Å²) in [5.41, 5.74) is 1.79. The van der Waals surface area contributed by atoms with Crippen LogP contribution in [0.25, 0.3) is 5.69 Å². The predicted molar refractivity (Wildman–Crippen MR) is 112 cm³/mol. The van der Waals surface area contributed by atoms with Crippen LogP contribution in [-0.4, -0.2) is 21.0 Å². The Balaban J connectivity index is 1.68. The third-order valence-corrected chi connectivity index (χ3v) is 5.54. The van der Waals surface area contributed by atoms with E-state index >= 15 is 0 Å². The van der Waals surface area contributed by atoms with Crippen LogP contribution in [0.4, 0.5) is 10.1 Å². The van der Waals surface area contributed by atoms with E-state index in [0.717, 1.165) is 0 Å². The molecule has 3 aromatic rings. The topological polar surface area (TPSA) is 56.0 Å². The van der Waals surface area contributed by atoms with E-state index in [1.54, 1.807) is 30.8 Å². The minimum absolute atomic E-state index is 0.0984. The van der Waals surface area contributed by atoms with Gasteiger partial charge < -0.3 is 5.32 Å². The van der Waals surface area contributed by atoms with Gasteiger partial charge in [0.05, 0.1) is 17.1 Å². The van der Waals surface area contributed by atoms with Gasteiger partial charge in [0, 0.05) is 17.8 Å². The van der Waals surface area contributed by atoms with Crippen molar-refractivity contribution < 1.29 is 9.18 Å². The van der Waals surface area contributed by atoms with E-state index in [1.807, 2.05) is 30.3 Å². The summed E-state index contributed by atoms with van der Waals surface area (Å²) >= 11 is 7.00. The average molecular weight is 420 g/mol. The lowest BCUT2D eigenvalue weighted by atomic mass is 10.2. The third kappa shape index (κ3) is 4.31. The molecule has 0 atom stereocenters. The lowest BCUT2D eigenvalue weighted by molar-refractivity contribution is -0.113. The van der Waals surface area contributed by atoms with Crippen molar-refractivity contribution in [3.05, 3.63) is 81.0 Å². The molecule has 3 rings (SSSR count). The van der Waals surface area contributed by atoms with Crippen LogP contribution in [0.15, 0.2) is 53.3 Å². The first-order chi connectivity index (χ1) is 13.4. The number of rotatable bonds is 6. The number of nitrogens with zero attached hydrogens (tertiary/aromatic N) is 2. The monoisotopic (exact) mass is 419 g/mol. The number of nitrogens with one attached hydrogen (secondary N) is 1. The molecule has 0 spiro atoms. The molecule has 5 nitrogen and oxygen atoms in total. The Morgan fingerprint density at radius 3 is 2.61 bits per heavy atom. The minimum atomic E-state index is -0.398. The highest BCUT2D eigenvalue weighted by molar-refractivity contribution is 7.99. The smallest absolute Gasteiger partial charge is 0.295 e. The fraction of sp³-hybridized carbons (Fsp3) is 0.200. The van der Waals surface area contributed by atoms with Crippen molar-refractivity contribution in [1.29, 1.82) is 0 Å². The molecule has 0 bridgehead atoms. The number of anilines is 1. The van der Waals surface area contributed by atoms with Crippen LogP contribution in [0.2, 0.25) is 5.02 Å². The number of benzene rings is 2. The van der Waals surface area contributed by atoms with E-state index in [1.165, 1.54) is 22.5 Å². The predicted octanol–water partition coefficient (Wildman–Crippen LogP) is 4.15. The fourth-order valence-electron chi connectivity index (χ4n) is 2.78. The molecular formula is C20H19ClFN3O2S. The van der Waals surface area contributed by atoms with Crippen molar-refractivity contribution in [3.8, 4) is 5.69 Å². The van der Waals surface area contributed by atoms with Crippen LogP contribution in [0.1, 0.15) is 11.3 Å². The van der Waals surface area contributed by atoms with Gasteiger partial charge in [0.25, 0.3) is 5.56 Å². The van der Waals surface area contributed by atoms with Gasteiger partial charge in [-0.2, -0.15) is 0 Å². The van der Waals surface area contributed by atoms with Crippen molar-refractivity contribution in [2.24, 2.45) is 7.05 Å². The zero-order valence-electron chi connectivity index (χ0n) is 15.4. The van der Waals surface area contributed by atoms with E-state index in [-0.39, 0.29) is 22.9 Å². The maximum absolute atomic E-state index is 13.8. The Morgan fingerprint density at radius 2 is 1.93 bits per heavy atom. The number of carbonyl (C=O) groups excluding carboxylic acids is 1. The maximum Gasteiger partial charge on any atom is 0.295 e. The van der Waals surface area contributed by atoms with Gasteiger partial charge in [0.15, 0.2) is 0 Å². The van der Waals surface area contributed by atoms with Crippen LogP contribution in [0.5, 0.6) is 0 Å². The lowest BCUT2D eigenvalue weighted by Gasteiger charge is -2.07. The molecule has 0 aliphatic carbocycles. The molecule has 0 fully saturated rings. The quantitative estimate of drug-likeness (QED) is 0.653. The normalized spacial score (nSPS) is 10.9. The molecule has 0 saturated carbocycles. The van der Waals surface area contributed by atoms with E-state index < -0.39 is 5.82 Å². The van der Waals surface area contributed by atoms with Crippen molar-refractivity contribution in [2.45, 2.75) is 12.7 Å². The summed E-state index contributed by atoms with van der Waals surface area (Å²) in [5, 5.41) is 3.02. The first kappa shape index (κ1) is 20.2. The molecule has 1 amide bonds. The molecule has 28 heavy (non-hydrogen) atoms. The van der Waals surface area contributed by atoms with Crippen molar-refractivity contribution in [2.75, 3.05) is 11.1 Å². The van der Waals surface area contributed by atoms with Crippen LogP contribution in [-0.2, 0) is 17.6 Å². The lowest BCUT2D eigenvalue weighted by Crippen LogP contribution is -2.23. The van der Waals surface area contributed by atoms with Crippen LogP contribution >= 0.6 is 23.4 Å². The highest BCUT2D eigenvalue weighted by atomic mass is 35.5. The molecule has 0 aliphatic rings. The van der Waals surface area contributed by atoms with Crippen LogP contribution < -0.4 is 10.9 Å². The number of hydrogen-bond acceptors (Lipinski definition) is 3. The van der Waals surface area contributed by atoms with E-state index in [9.17, 15) is 14.0 Å². The van der Waals surface area contributed by atoms with Crippen LogP contribution in [0.3, 0.4) is 0 Å². The van der Waals surface area contributed by atoms with Gasteiger partial charge in [-0.3, -0.25) is 14.3 Å². The number of aromatic nitrogens is 2. The molecule has 146 valence electrons. The molecule has 0 aliphatic heterocycles. The van der Waals surface area contributed by atoms with Gasteiger partial charge in [0.1, 0.15) is 11.5 Å². The molecule has 0 radical (unpaired) electrons. The summed E-state index contributed by atoms with van der Waals surface area (Å²) in [6, 6.07) is 13.7. The van der Waals surface area contributed by atoms with E-state index in [2.05, 4.69) is 5.32 Å². The fourth-order valence-corrected chi connectivity index (χ4v) is 3.75. The van der Waals surface area contributed by atoms with Crippen molar-refractivity contribution in [1.82, 2.24) is 9.36 Å². The SMILES string of the molecule is Cc1c(NC(=O)CSCc2ccc(Cl)cc2F)c(=O)n(-c2ccccc2)n1C. The highest BCUT2D eigenvalue weighted by Gasteiger charge is 2.18. The number of hydrogen-bond donors (Lipinski definition) is 1. The van der Waals surface area contributed by atoms with E-state index in [4.69, 9.17) is 11.6 Å². The zero-order valence-corrected chi connectivity index (χ0v) is 17.0. The summed E-state index contributed by atoms with van der Waals surface area (Å²) in [4.78, 5) is 25.1. The second kappa shape index (κ2) is 8.67. The number of para-hydroxylation sites is 1. The third-order valence-electron chi connectivity index (χ3n) is 4.32. The average Bonchev–Trinajstić information content (AvgIpc) is 2.87. The number of halogens is 2. The van der Waals surface area contributed by atoms with Crippen molar-refractivity contribution in [3.63, 3.8) is 0 Å². The second-order valence-electron chi connectivity index (χ2n) is 6.21. The molecule has 8 heteroatoms. The van der Waals surface area contributed by atoms with Gasteiger partial charge >= 0.3 is 0 Å². The Bertz CT molecular complexity index is 1060. The molecule has 1 heterocycles.